The van der Waals surface area contributed by atoms with Crippen molar-refractivity contribution in [1.29, 1.82) is 0 Å². The molecule has 5 nitrogen and oxygen atoms in total. The Labute approximate surface area is 119 Å². The minimum atomic E-state index is 0.342. The quantitative estimate of drug-likeness (QED) is 0.912. The second kappa shape index (κ2) is 5.45. The molecule has 2 bridgehead atoms. The summed E-state index contributed by atoms with van der Waals surface area (Å²) < 4.78 is 11.3. The van der Waals surface area contributed by atoms with Gasteiger partial charge in [0.2, 0.25) is 5.89 Å². The number of nitrogens with one attached hydrogen (secondary N) is 1. The van der Waals surface area contributed by atoms with Crippen molar-refractivity contribution in [1.82, 2.24) is 15.5 Å². The fourth-order valence-corrected chi connectivity index (χ4v) is 3.93. The number of fused-ring (bicyclic) bond motifs is 2. The first-order valence-corrected chi connectivity index (χ1v) is 8.07. The van der Waals surface area contributed by atoms with Gasteiger partial charge in [-0.1, -0.05) is 5.16 Å². The van der Waals surface area contributed by atoms with Crippen LogP contribution in [0.1, 0.15) is 56.2 Å². The Morgan fingerprint density at radius 2 is 2.05 bits per heavy atom. The van der Waals surface area contributed by atoms with Crippen LogP contribution in [0.4, 0.5) is 0 Å². The van der Waals surface area contributed by atoms with E-state index < -0.39 is 0 Å². The van der Waals surface area contributed by atoms with Gasteiger partial charge >= 0.3 is 0 Å². The van der Waals surface area contributed by atoms with E-state index in [2.05, 4.69) is 15.5 Å². The third-order valence-corrected chi connectivity index (χ3v) is 5.15. The van der Waals surface area contributed by atoms with Gasteiger partial charge in [-0.25, -0.2) is 0 Å². The van der Waals surface area contributed by atoms with E-state index in [1.807, 2.05) is 0 Å². The van der Waals surface area contributed by atoms with E-state index in [1.54, 1.807) is 0 Å². The predicted octanol–water partition coefficient (Wildman–Crippen LogP) is 2.04. The molecule has 0 aromatic carbocycles. The summed E-state index contributed by atoms with van der Waals surface area (Å²) in [4.78, 5) is 4.62. The van der Waals surface area contributed by atoms with E-state index in [9.17, 15) is 0 Å². The topological polar surface area (TPSA) is 60.2 Å². The third-order valence-electron chi connectivity index (χ3n) is 5.15. The van der Waals surface area contributed by atoms with Gasteiger partial charge in [-0.2, -0.15) is 4.98 Å². The molecule has 20 heavy (non-hydrogen) atoms. The van der Waals surface area contributed by atoms with Crippen LogP contribution in [0, 0.1) is 5.92 Å². The summed E-state index contributed by atoms with van der Waals surface area (Å²) in [5.41, 5.74) is 0. The van der Waals surface area contributed by atoms with Gasteiger partial charge in [-0.05, 0) is 57.5 Å². The van der Waals surface area contributed by atoms with Crippen LogP contribution in [0.15, 0.2) is 4.52 Å². The fourth-order valence-electron chi connectivity index (χ4n) is 3.93. The van der Waals surface area contributed by atoms with Gasteiger partial charge in [-0.15, -0.1) is 0 Å². The number of rotatable bonds is 4. The van der Waals surface area contributed by atoms with Gasteiger partial charge in [0.05, 0.1) is 18.1 Å². The molecule has 0 amide bonds. The van der Waals surface area contributed by atoms with Crippen LogP contribution in [0.25, 0.3) is 0 Å². The highest BCUT2D eigenvalue weighted by Crippen LogP contribution is 2.43. The molecule has 0 saturated carbocycles. The Morgan fingerprint density at radius 1 is 1.15 bits per heavy atom. The van der Waals surface area contributed by atoms with E-state index >= 15 is 0 Å². The molecule has 3 atom stereocenters. The summed E-state index contributed by atoms with van der Waals surface area (Å²) in [6.07, 6.45) is 8.91. The lowest BCUT2D eigenvalue weighted by molar-refractivity contribution is 0.0996. The fraction of sp³-hybridized carbons (Fsp3) is 0.867. The molecule has 4 heterocycles. The first-order chi connectivity index (χ1) is 9.88. The number of hydrogen-bond donors (Lipinski definition) is 1. The summed E-state index contributed by atoms with van der Waals surface area (Å²) >= 11 is 0. The van der Waals surface area contributed by atoms with Gasteiger partial charge in [0.1, 0.15) is 0 Å². The van der Waals surface area contributed by atoms with Crippen LogP contribution in [0.2, 0.25) is 0 Å². The van der Waals surface area contributed by atoms with Crippen LogP contribution < -0.4 is 5.32 Å². The van der Waals surface area contributed by atoms with Crippen molar-refractivity contribution in [3.8, 4) is 0 Å². The number of piperidine rings is 1. The number of aryl methyl sites for hydroxylation is 1. The largest absolute Gasteiger partial charge is 0.374 e. The molecule has 3 aliphatic heterocycles. The molecule has 4 rings (SSSR count). The Kier molecular flexibility index (Phi) is 3.48. The van der Waals surface area contributed by atoms with E-state index in [-0.39, 0.29) is 0 Å². The molecule has 3 unspecified atom stereocenters. The predicted molar refractivity (Wildman–Crippen MR) is 73.5 cm³/mol. The minimum Gasteiger partial charge on any atom is -0.374 e. The van der Waals surface area contributed by atoms with E-state index in [4.69, 9.17) is 9.26 Å². The van der Waals surface area contributed by atoms with Gasteiger partial charge in [0, 0.05) is 6.42 Å². The van der Waals surface area contributed by atoms with Crippen LogP contribution in [0.3, 0.4) is 0 Å². The molecule has 3 saturated heterocycles. The van der Waals surface area contributed by atoms with E-state index in [0.29, 0.717) is 18.1 Å². The summed E-state index contributed by atoms with van der Waals surface area (Å²) in [7, 11) is 0. The van der Waals surface area contributed by atoms with Crippen molar-refractivity contribution in [2.75, 3.05) is 13.1 Å². The van der Waals surface area contributed by atoms with Gasteiger partial charge in [0.25, 0.3) is 0 Å². The number of hydrogen-bond acceptors (Lipinski definition) is 5. The van der Waals surface area contributed by atoms with Gasteiger partial charge in [-0.3, -0.25) is 0 Å². The summed E-state index contributed by atoms with van der Waals surface area (Å²) in [6.45, 7) is 2.31. The normalized spacial score (nSPS) is 33.9. The maximum atomic E-state index is 5.88. The van der Waals surface area contributed by atoms with E-state index in [1.165, 1.54) is 25.7 Å². The first-order valence-electron chi connectivity index (χ1n) is 8.07. The molecular weight excluding hydrogens is 254 g/mol. The monoisotopic (exact) mass is 277 g/mol. The first kappa shape index (κ1) is 12.8. The Bertz CT molecular complexity index is 456. The number of nitrogens with zero attached hydrogens (tertiary/aromatic N) is 2. The van der Waals surface area contributed by atoms with Crippen LogP contribution in [-0.2, 0) is 11.2 Å². The Hall–Kier alpha value is -0.940. The molecule has 110 valence electrons. The molecular formula is C15H23N3O2. The van der Waals surface area contributed by atoms with Crippen molar-refractivity contribution < 1.29 is 9.26 Å². The maximum Gasteiger partial charge on any atom is 0.226 e. The summed E-state index contributed by atoms with van der Waals surface area (Å²) in [5, 5.41) is 7.61. The highest BCUT2D eigenvalue weighted by Gasteiger charge is 2.43. The van der Waals surface area contributed by atoms with Crippen LogP contribution >= 0.6 is 0 Å². The second-order valence-corrected chi connectivity index (χ2v) is 6.49. The maximum absolute atomic E-state index is 5.88. The highest BCUT2D eigenvalue weighted by atomic mass is 16.5. The molecule has 1 aromatic rings. The average Bonchev–Trinajstić information content (AvgIpc) is 3.22. The molecule has 1 aromatic heterocycles. The zero-order valence-corrected chi connectivity index (χ0v) is 11.9. The molecule has 0 spiro atoms. The van der Waals surface area contributed by atoms with Gasteiger partial charge in [0.15, 0.2) is 5.82 Å². The van der Waals surface area contributed by atoms with Crippen molar-refractivity contribution in [3.05, 3.63) is 11.7 Å². The van der Waals surface area contributed by atoms with Crippen molar-refractivity contribution in [2.24, 2.45) is 5.92 Å². The number of ether oxygens (including phenoxy) is 1. The second-order valence-electron chi connectivity index (χ2n) is 6.49. The van der Waals surface area contributed by atoms with Crippen molar-refractivity contribution in [2.45, 2.75) is 63.1 Å². The Morgan fingerprint density at radius 3 is 2.80 bits per heavy atom. The van der Waals surface area contributed by atoms with E-state index in [0.717, 1.165) is 50.0 Å². The zero-order chi connectivity index (χ0) is 13.4. The number of aromatic nitrogens is 2. The standard InChI is InChI=1S/C15H23N3O2/c1(10-5-7-16-8-6-10)4-14-17-15(18-20-14)12-9-11-2-3-13(12)19-11/h10-13,16H,1-9H2. The van der Waals surface area contributed by atoms with Crippen molar-refractivity contribution in [3.63, 3.8) is 0 Å². The summed E-state index contributed by atoms with van der Waals surface area (Å²) in [6, 6.07) is 0. The summed E-state index contributed by atoms with van der Waals surface area (Å²) in [5.74, 6) is 2.90. The third kappa shape index (κ3) is 2.49. The molecule has 3 aliphatic rings. The lowest BCUT2D eigenvalue weighted by Crippen LogP contribution is -2.27. The SMILES string of the molecule is C1CC(CCc2nc(C3CC4CCC3O4)no2)CCN1. The Balaban J connectivity index is 1.33. The smallest absolute Gasteiger partial charge is 0.226 e. The molecule has 0 radical (unpaired) electrons. The lowest BCUT2D eigenvalue weighted by atomic mass is 9.89. The highest BCUT2D eigenvalue weighted by molar-refractivity contribution is 5.06. The molecule has 1 N–H and O–H groups in total. The minimum absolute atomic E-state index is 0.342. The average molecular weight is 277 g/mol. The van der Waals surface area contributed by atoms with Crippen LogP contribution in [-0.4, -0.2) is 35.4 Å². The zero-order valence-electron chi connectivity index (χ0n) is 11.9. The lowest BCUT2D eigenvalue weighted by Gasteiger charge is -2.21. The van der Waals surface area contributed by atoms with Crippen molar-refractivity contribution >= 4 is 0 Å². The molecule has 5 heteroatoms. The van der Waals surface area contributed by atoms with Gasteiger partial charge < -0.3 is 14.6 Å². The molecule has 3 fully saturated rings. The van der Waals surface area contributed by atoms with Crippen LogP contribution in [0.5, 0.6) is 0 Å². The molecule has 0 aliphatic carbocycles.